The van der Waals surface area contributed by atoms with Crippen molar-refractivity contribution in [2.45, 2.75) is 6.18 Å². The number of fused-ring (bicyclic) bond motifs is 1. The van der Waals surface area contributed by atoms with Gasteiger partial charge in [0, 0.05) is 17.8 Å². The number of rotatable bonds is 3. The van der Waals surface area contributed by atoms with Crippen LogP contribution in [0.2, 0.25) is 0 Å². The molecule has 1 aliphatic heterocycles. The number of nitrogen functional groups attached to an aromatic ring is 1. The Balaban J connectivity index is 1.53. The minimum Gasteiger partial charge on any atom is -0.489 e. The van der Waals surface area contributed by atoms with Gasteiger partial charge < -0.3 is 20.5 Å². The Morgan fingerprint density at radius 1 is 1.16 bits per heavy atom. The van der Waals surface area contributed by atoms with E-state index in [2.05, 4.69) is 15.3 Å². The van der Waals surface area contributed by atoms with Gasteiger partial charge in [-0.1, -0.05) is 0 Å². The largest absolute Gasteiger partial charge is 0.489 e. The number of nitrogens with one attached hydrogen (secondary N) is 1. The summed E-state index contributed by atoms with van der Waals surface area (Å²) in [7, 11) is 0. The molecule has 2 amide bonds. The third kappa shape index (κ3) is 4.48. The lowest BCUT2D eigenvalue weighted by Gasteiger charge is -2.30. The molecule has 1 aromatic heterocycles. The monoisotopic (exact) mass is 449 g/mol. The number of urea groups is 1. The molecule has 0 fully saturated rings. The lowest BCUT2D eigenvalue weighted by Crippen LogP contribution is -2.40. The SMILES string of the molecule is Nc1cc(Oc2ccc3c(c2)OCCN3C(=O)Nc2ccc(F)c(C(F)(F)F)c2)ncn1. The van der Waals surface area contributed by atoms with Crippen molar-refractivity contribution in [3.63, 3.8) is 0 Å². The van der Waals surface area contributed by atoms with E-state index in [0.717, 1.165) is 6.07 Å². The third-order valence-electron chi connectivity index (χ3n) is 4.45. The molecule has 166 valence electrons. The van der Waals surface area contributed by atoms with E-state index in [1.54, 1.807) is 12.1 Å². The van der Waals surface area contributed by atoms with E-state index < -0.39 is 23.6 Å². The maximum atomic E-state index is 13.5. The molecular weight excluding hydrogens is 434 g/mol. The fourth-order valence-corrected chi connectivity index (χ4v) is 3.02. The zero-order valence-corrected chi connectivity index (χ0v) is 16.2. The fraction of sp³-hybridized carbons (Fsp3) is 0.150. The van der Waals surface area contributed by atoms with Crippen LogP contribution < -0.4 is 25.4 Å². The number of alkyl halides is 3. The smallest absolute Gasteiger partial charge is 0.419 e. The molecule has 32 heavy (non-hydrogen) atoms. The van der Waals surface area contributed by atoms with Gasteiger partial charge >= 0.3 is 12.2 Å². The Morgan fingerprint density at radius 3 is 2.72 bits per heavy atom. The van der Waals surface area contributed by atoms with Gasteiger partial charge in [0.05, 0.1) is 17.8 Å². The van der Waals surface area contributed by atoms with Gasteiger partial charge in [-0.2, -0.15) is 13.2 Å². The molecule has 2 heterocycles. The Kier molecular flexibility index (Phi) is 5.43. The van der Waals surface area contributed by atoms with E-state index >= 15 is 0 Å². The average molecular weight is 449 g/mol. The summed E-state index contributed by atoms with van der Waals surface area (Å²) in [6, 6.07) is 7.62. The number of ether oxygens (including phenoxy) is 2. The van der Waals surface area contributed by atoms with E-state index in [4.69, 9.17) is 15.2 Å². The molecule has 0 unspecified atom stereocenters. The summed E-state index contributed by atoms with van der Waals surface area (Å²) in [6.45, 7) is 0.288. The average Bonchev–Trinajstić information content (AvgIpc) is 2.73. The van der Waals surface area contributed by atoms with E-state index in [-0.39, 0.29) is 30.5 Å². The second-order valence-electron chi connectivity index (χ2n) is 6.64. The molecule has 0 radical (unpaired) electrons. The van der Waals surface area contributed by atoms with Crippen LogP contribution in [0.5, 0.6) is 17.4 Å². The third-order valence-corrected chi connectivity index (χ3v) is 4.45. The number of nitrogens with two attached hydrogens (primary N) is 1. The predicted molar refractivity (Wildman–Crippen MR) is 106 cm³/mol. The molecule has 3 aromatic rings. The molecule has 0 atom stereocenters. The first-order chi connectivity index (χ1) is 15.2. The normalized spacial score (nSPS) is 13.2. The molecule has 12 heteroatoms. The van der Waals surface area contributed by atoms with Crippen molar-refractivity contribution < 1.29 is 31.8 Å². The maximum absolute atomic E-state index is 13.5. The standard InChI is InChI=1S/C20H15F4N5O3/c21-14-3-1-11(7-13(14)20(22,23)24)28-19(30)29-5-6-31-16-8-12(2-4-15(16)29)32-18-9-17(25)26-10-27-18/h1-4,7-10H,5-6H2,(H,28,30)(H2,25,26,27). The van der Waals surface area contributed by atoms with Gasteiger partial charge in [0.25, 0.3) is 0 Å². The first-order valence-electron chi connectivity index (χ1n) is 9.18. The van der Waals surface area contributed by atoms with Gasteiger partial charge in [0.15, 0.2) is 0 Å². The van der Waals surface area contributed by atoms with E-state index in [1.165, 1.54) is 23.4 Å². The van der Waals surface area contributed by atoms with Gasteiger partial charge in [0.1, 0.15) is 36.1 Å². The zero-order chi connectivity index (χ0) is 22.9. The van der Waals surface area contributed by atoms with Crippen LogP contribution in [-0.4, -0.2) is 29.2 Å². The minimum absolute atomic E-state index is 0.140. The lowest BCUT2D eigenvalue weighted by atomic mass is 10.2. The highest BCUT2D eigenvalue weighted by molar-refractivity contribution is 6.03. The van der Waals surface area contributed by atoms with Crippen molar-refractivity contribution in [2.24, 2.45) is 0 Å². The van der Waals surface area contributed by atoms with Crippen LogP contribution >= 0.6 is 0 Å². The lowest BCUT2D eigenvalue weighted by molar-refractivity contribution is -0.139. The number of carbonyl (C=O) groups excluding carboxylic acids is 1. The summed E-state index contributed by atoms with van der Waals surface area (Å²) in [4.78, 5) is 21.7. The Labute approximate surface area is 178 Å². The van der Waals surface area contributed by atoms with Gasteiger partial charge in [-0.3, -0.25) is 4.90 Å². The molecule has 0 saturated carbocycles. The first-order valence-corrected chi connectivity index (χ1v) is 9.18. The van der Waals surface area contributed by atoms with Crippen molar-refractivity contribution in [2.75, 3.05) is 29.1 Å². The molecule has 4 rings (SSSR count). The number of carbonyl (C=O) groups is 1. The second kappa shape index (κ2) is 8.21. The number of amides is 2. The Morgan fingerprint density at radius 2 is 1.97 bits per heavy atom. The van der Waals surface area contributed by atoms with Crippen LogP contribution in [0.25, 0.3) is 0 Å². The quantitative estimate of drug-likeness (QED) is 0.573. The van der Waals surface area contributed by atoms with Crippen LogP contribution in [0.3, 0.4) is 0 Å². The number of anilines is 3. The zero-order valence-electron chi connectivity index (χ0n) is 16.2. The number of hydrogen-bond acceptors (Lipinski definition) is 6. The second-order valence-corrected chi connectivity index (χ2v) is 6.64. The van der Waals surface area contributed by atoms with Gasteiger partial charge in [-0.15, -0.1) is 0 Å². The molecule has 8 nitrogen and oxygen atoms in total. The summed E-state index contributed by atoms with van der Waals surface area (Å²) in [5.74, 6) is -0.315. The summed E-state index contributed by atoms with van der Waals surface area (Å²) in [5.41, 5.74) is 4.30. The highest BCUT2D eigenvalue weighted by atomic mass is 19.4. The summed E-state index contributed by atoms with van der Waals surface area (Å²) in [6.07, 6.45) is -3.65. The number of hydrogen-bond donors (Lipinski definition) is 2. The van der Waals surface area contributed by atoms with Crippen LogP contribution in [0, 0.1) is 5.82 Å². The first kappa shape index (κ1) is 21.2. The van der Waals surface area contributed by atoms with E-state index in [9.17, 15) is 22.4 Å². The van der Waals surface area contributed by atoms with E-state index in [1.807, 2.05) is 0 Å². The minimum atomic E-state index is -4.89. The predicted octanol–water partition coefficient (Wildman–Crippen LogP) is 4.44. The highest BCUT2D eigenvalue weighted by Gasteiger charge is 2.34. The number of halogens is 4. The Bertz CT molecular complexity index is 1170. The topological polar surface area (TPSA) is 103 Å². The Hall–Kier alpha value is -4.09. The highest BCUT2D eigenvalue weighted by Crippen LogP contribution is 2.37. The van der Waals surface area contributed by atoms with Gasteiger partial charge in [-0.05, 0) is 30.3 Å². The van der Waals surface area contributed by atoms with Crippen LogP contribution in [-0.2, 0) is 6.18 Å². The molecule has 3 N–H and O–H groups in total. The molecule has 1 aliphatic rings. The molecule has 0 bridgehead atoms. The van der Waals surface area contributed by atoms with Crippen LogP contribution in [0.4, 0.5) is 39.5 Å². The van der Waals surface area contributed by atoms with E-state index in [0.29, 0.717) is 29.3 Å². The van der Waals surface area contributed by atoms with Gasteiger partial charge in [-0.25, -0.2) is 19.2 Å². The van der Waals surface area contributed by atoms with Crippen LogP contribution in [0.1, 0.15) is 5.56 Å². The van der Waals surface area contributed by atoms with Gasteiger partial charge in [0.2, 0.25) is 5.88 Å². The number of nitrogens with zero attached hydrogens (tertiary/aromatic N) is 3. The molecule has 2 aromatic carbocycles. The van der Waals surface area contributed by atoms with Crippen molar-refractivity contribution >= 4 is 23.2 Å². The summed E-state index contributed by atoms with van der Waals surface area (Å²) in [5, 5.41) is 2.36. The van der Waals surface area contributed by atoms with Crippen LogP contribution in [0.15, 0.2) is 48.8 Å². The fourth-order valence-electron chi connectivity index (χ4n) is 3.02. The maximum Gasteiger partial charge on any atom is 0.419 e. The molecule has 0 spiro atoms. The number of aromatic nitrogens is 2. The summed E-state index contributed by atoms with van der Waals surface area (Å²) < 4.78 is 63.4. The number of benzene rings is 2. The molecule has 0 saturated heterocycles. The van der Waals surface area contributed by atoms with Crippen molar-refractivity contribution in [3.8, 4) is 17.4 Å². The van der Waals surface area contributed by atoms with Crippen molar-refractivity contribution in [1.29, 1.82) is 0 Å². The summed E-state index contributed by atoms with van der Waals surface area (Å²) >= 11 is 0. The molecule has 0 aliphatic carbocycles. The molecular formula is C20H15F4N5O3. The van der Waals surface area contributed by atoms with Crippen molar-refractivity contribution in [1.82, 2.24) is 9.97 Å². The van der Waals surface area contributed by atoms with Crippen molar-refractivity contribution in [3.05, 3.63) is 60.2 Å².